The van der Waals surface area contributed by atoms with Crippen molar-refractivity contribution >= 4 is 5.91 Å². The number of rotatable bonds is 6. The molecule has 1 fully saturated rings. The number of benzene rings is 1. The molecule has 0 bridgehead atoms. The monoisotopic (exact) mass is 277 g/mol. The number of amides is 1. The Morgan fingerprint density at radius 1 is 1.35 bits per heavy atom. The highest BCUT2D eigenvalue weighted by molar-refractivity contribution is 5.94. The summed E-state index contributed by atoms with van der Waals surface area (Å²) in [7, 11) is 0. The van der Waals surface area contributed by atoms with Crippen LogP contribution in [0.5, 0.6) is 5.75 Å². The van der Waals surface area contributed by atoms with Gasteiger partial charge in [0.25, 0.3) is 5.91 Å². The van der Waals surface area contributed by atoms with E-state index in [4.69, 9.17) is 4.74 Å². The third kappa shape index (κ3) is 3.97. The highest BCUT2D eigenvalue weighted by Crippen LogP contribution is 2.27. The maximum absolute atomic E-state index is 12.0. The Labute approximate surface area is 120 Å². The zero-order valence-corrected chi connectivity index (χ0v) is 12.0. The average Bonchev–Trinajstić information content (AvgIpc) is 3.00. The van der Waals surface area contributed by atoms with Crippen LogP contribution < -0.4 is 10.1 Å². The van der Waals surface area contributed by atoms with Crippen LogP contribution in [0.3, 0.4) is 0 Å². The molecule has 2 N–H and O–H groups in total. The molecule has 4 nitrogen and oxygen atoms in total. The molecule has 0 aliphatic heterocycles. The fourth-order valence-electron chi connectivity index (χ4n) is 2.68. The van der Waals surface area contributed by atoms with Crippen molar-refractivity contribution in [3.8, 4) is 5.75 Å². The van der Waals surface area contributed by atoms with Crippen molar-refractivity contribution < 1.29 is 14.6 Å². The molecule has 0 heterocycles. The lowest BCUT2D eigenvalue weighted by Gasteiger charge is -2.18. The maximum Gasteiger partial charge on any atom is 0.251 e. The van der Waals surface area contributed by atoms with Gasteiger partial charge in [0.1, 0.15) is 5.75 Å². The third-order valence-corrected chi connectivity index (χ3v) is 3.84. The molecular formula is C16H23NO3. The SMILES string of the molecule is CCOc1ccc(C(=O)NCC(O)C2CCCC2)cc1. The molecule has 1 aromatic rings. The molecule has 1 amide bonds. The molecule has 1 aromatic carbocycles. The number of carbonyl (C=O) groups is 1. The average molecular weight is 277 g/mol. The Bertz CT molecular complexity index is 424. The van der Waals surface area contributed by atoms with Gasteiger partial charge in [-0.25, -0.2) is 0 Å². The van der Waals surface area contributed by atoms with Crippen LogP contribution in [0.2, 0.25) is 0 Å². The van der Waals surface area contributed by atoms with Crippen LogP contribution in [-0.2, 0) is 0 Å². The van der Waals surface area contributed by atoms with Crippen LogP contribution in [0.1, 0.15) is 43.0 Å². The van der Waals surface area contributed by atoms with Gasteiger partial charge < -0.3 is 15.2 Å². The number of hydrogen-bond donors (Lipinski definition) is 2. The summed E-state index contributed by atoms with van der Waals surface area (Å²) in [5.74, 6) is 0.954. The molecule has 110 valence electrons. The first-order chi connectivity index (χ1) is 9.70. The van der Waals surface area contributed by atoms with Crippen molar-refractivity contribution in [2.45, 2.75) is 38.7 Å². The molecule has 1 aliphatic carbocycles. The van der Waals surface area contributed by atoms with Gasteiger partial charge in [0.05, 0.1) is 12.7 Å². The summed E-state index contributed by atoms with van der Waals surface area (Å²) in [6.45, 7) is 2.86. The predicted molar refractivity (Wildman–Crippen MR) is 77.9 cm³/mol. The minimum Gasteiger partial charge on any atom is -0.494 e. The maximum atomic E-state index is 12.0. The van der Waals surface area contributed by atoms with Crippen LogP contribution in [0.25, 0.3) is 0 Å². The van der Waals surface area contributed by atoms with Crippen LogP contribution in [0.4, 0.5) is 0 Å². The molecule has 1 saturated carbocycles. The Balaban J connectivity index is 1.81. The lowest BCUT2D eigenvalue weighted by atomic mass is 10.0. The molecule has 0 saturated heterocycles. The molecule has 1 atom stereocenters. The first-order valence-corrected chi connectivity index (χ1v) is 7.40. The van der Waals surface area contributed by atoms with Crippen LogP contribution >= 0.6 is 0 Å². The molecule has 1 unspecified atom stereocenters. The van der Waals surface area contributed by atoms with E-state index in [2.05, 4.69) is 5.32 Å². The van der Waals surface area contributed by atoms with E-state index in [1.54, 1.807) is 24.3 Å². The fourth-order valence-corrected chi connectivity index (χ4v) is 2.68. The van der Waals surface area contributed by atoms with E-state index >= 15 is 0 Å². The zero-order chi connectivity index (χ0) is 14.4. The summed E-state index contributed by atoms with van der Waals surface area (Å²) in [4.78, 5) is 12.0. The molecule has 0 radical (unpaired) electrons. The van der Waals surface area contributed by atoms with Crippen LogP contribution in [0, 0.1) is 5.92 Å². The van der Waals surface area contributed by atoms with E-state index in [0.29, 0.717) is 24.6 Å². The van der Waals surface area contributed by atoms with E-state index in [9.17, 15) is 9.90 Å². The van der Waals surface area contributed by atoms with Gasteiger partial charge in [0, 0.05) is 12.1 Å². The van der Waals surface area contributed by atoms with Crippen molar-refractivity contribution in [2.75, 3.05) is 13.2 Å². The fraction of sp³-hybridized carbons (Fsp3) is 0.562. The number of aliphatic hydroxyl groups excluding tert-OH is 1. The van der Waals surface area contributed by atoms with Gasteiger partial charge in [-0.05, 0) is 49.9 Å². The first-order valence-electron chi connectivity index (χ1n) is 7.40. The first kappa shape index (κ1) is 14.9. The van der Waals surface area contributed by atoms with Crippen molar-refractivity contribution in [2.24, 2.45) is 5.92 Å². The van der Waals surface area contributed by atoms with E-state index in [1.807, 2.05) is 6.92 Å². The summed E-state index contributed by atoms with van der Waals surface area (Å²) in [6.07, 6.45) is 4.09. The highest BCUT2D eigenvalue weighted by Gasteiger charge is 2.23. The Morgan fingerprint density at radius 3 is 2.60 bits per heavy atom. The topological polar surface area (TPSA) is 58.6 Å². The molecule has 1 aliphatic rings. The normalized spacial score (nSPS) is 16.9. The smallest absolute Gasteiger partial charge is 0.251 e. The van der Waals surface area contributed by atoms with Gasteiger partial charge in [0.2, 0.25) is 0 Å². The minimum atomic E-state index is -0.427. The van der Waals surface area contributed by atoms with Gasteiger partial charge in [-0.1, -0.05) is 12.8 Å². The molecule has 0 spiro atoms. The van der Waals surface area contributed by atoms with E-state index in [1.165, 1.54) is 12.8 Å². The number of carbonyl (C=O) groups excluding carboxylic acids is 1. The Hall–Kier alpha value is -1.55. The number of hydrogen-bond acceptors (Lipinski definition) is 3. The quantitative estimate of drug-likeness (QED) is 0.839. The Morgan fingerprint density at radius 2 is 2.00 bits per heavy atom. The second-order valence-corrected chi connectivity index (χ2v) is 5.28. The summed E-state index contributed by atoms with van der Waals surface area (Å²) in [5, 5.41) is 12.8. The second kappa shape index (κ2) is 7.29. The van der Waals surface area contributed by atoms with E-state index in [0.717, 1.165) is 18.6 Å². The Kier molecular flexibility index (Phi) is 5.41. The number of nitrogens with one attached hydrogen (secondary N) is 1. The molecular weight excluding hydrogens is 254 g/mol. The van der Waals surface area contributed by atoms with Crippen molar-refractivity contribution in [1.82, 2.24) is 5.32 Å². The van der Waals surface area contributed by atoms with Gasteiger partial charge in [-0.15, -0.1) is 0 Å². The molecule has 4 heteroatoms. The minimum absolute atomic E-state index is 0.148. The number of ether oxygens (including phenoxy) is 1. The third-order valence-electron chi connectivity index (χ3n) is 3.84. The highest BCUT2D eigenvalue weighted by atomic mass is 16.5. The van der Waals surface area contributed by atoms with Crippen LogP contribution in [0.15, 0.2) is 24.3 Å². The summed E-state index contributed by atoms with van der Waals surface area (Å²) in [6, 6.07) is 7.04. The van der Waals surface area contributed by atoms with Gasteiger partial charge in [0.15, 0.2) is 0 Å². The van der Waals surface area contributed by atoms with Gasteiger partial charge in [-0.3, -0.25) is 4.79 Å². The lowest BCUT2D eigenvalue weighted by Crippen LogP contribution is -2.35. The van der Waals surface area contributed by atoms with E-state index in [-0.39, 0.29) is 5.91 Å². The predicted octanol–water partition coefficient (Wildman–Crippen LogP) is 2.37. The van der Waals surface area contributed by atoms with Gasteiger partial charge >= 0.3 is 0 Å². The molecule has 20 heavy (non-hydrogen) atoms. The van der Waals surface area contributed by atoms with Gasteiger partial charge in [-0.2, -0.15) is 0 Å². The summed E-state index contributed by atoms with van der Waals surface area (Å²) < 4.78 is 5.33. The largest absolute Gasteiger partial charge is 0.494 e. The lowest BCUT2D eigenvalue weighted by molar-refractivity contribution is 0.0840. The van der Waals surface area contributed by atoms with Crippen LogP contribution in [-0.4, -0.2) is 30.3 Å². The van der Waals surface area contributed by atoms with Crippen molar-refractivity contribution in [3.05, 3.63) is 29.8 Å². The second-order valence-electron chi connectivity index (χ2n) is 5.28. The van der Waals surface area contributed by atoms with Crippen molar-refractivity contribution in [1.29, 1.82) is 0 Å². The zero-order valence-electron chi connectivity index (χ0n) is 12.0. The summed E-state index contributed by atoms with van der Waals surface area (Å²) in [5.41, 5.74) is 0.590. The molecule has 2 rings (SSSR count). The van der Waals surface area contributed by atoms with Crippen molar-refractivity contribution in [3.63, 3.8) is 0 Å². The van der Waals surface area contributed by atoms with E-state index < -0.39 is 6.10 Å². The summed E-state index contributed by atoms with van der Waals surface area (Å²) >= 11 is 0. The molecule has 0 aromatic heterocycles. The number of aliphatic hydroxyl groups is 1. The standard InChI is InChI=1S/C16H23NO3/c1-2-20-14-9-7-13(8-10-14)16(19)17-11-15(18)12-5-3-4-6-12/h7-10,12,15,18H,2-6,11H2,1H3,(H,17,19).